The van der Waals surface area contributed by atoms with E-state index >= 15 is 0 Å². The summed E-state index contributed by atoms with van der Waals surface area (Å²) in [4.78, 5) is 15.9. The lowest BCUT2D eigenvalue weighted by atomic mass is 10.1. The second kappa shape index (κ2) is 9.89. The molecule has 196 valence electrons. The first-order valence-corrected chi connectivity index (χ1v) is 14.6. The molecule has 2 fully saturated rings. The minimum Gasteiger partial charge on any atom is -0.378 e. The molecule has 2 aliphatic rings. The number of aromatic amines is 1. The molecule has 11 nitrogen and oxygen atoms in total. The highest BCUT2D eigenvalue weighted by Gasteiger charge is 2.29. The number of H-pyrrole nitrogens is 1. The highest BCUT2D eigenvalue weighted by atomic mass is 32.2. The number of benzene rings is 1. The summed E-state index contributed by atoms with van der Waals surface area (Å²) in [5.41, 5.74) is 2.84. The summed E-state index contributed by atoms with van der Waals surface area (Å²) in [6, 6.07) is 8.19. The van der Waals surface area contributed by atoms with Gasteiger partial charge in [0, 0.05) is 75.7 Å². The van der Waals surface area contributed by atoms with Gasteiger partial charge in [0.25, 0.3) is 10.2 Å². The van der Waals surface area contributed by atoms with Crippen LogP contribution < -0.4 is 4.90 Å². The fourth-order valence-corrected chi connectivity index (χ4v) is 7.13. The third-order valence-electron chi connectivity index (χ3n) is 6.94. The normalized spacial score (nSPS) is 18.4. The van der Waals surface area contributed by atoms with Crippen molar-refractivity contribution in [2.45, 2.75) is 6.54 Å². The van der Waals surface area contributed by atoms with Gasteiger partial charge in [0.2, 0.25) is 0 Å². The van der Waals surface area contributed by atoms with E-state index in [2.05, 4.69) is 26.1 Å². The first-order valence-electron chi connectivity index (χ1n) is 12.4. The molecule has 1 N–H and O–H groups in total. The van der Waals surface area contributed by atoms with Gasteiger partial charge < -0.3 is 9.64 Å². The van der Waals surface area contributed by atoms with Crippen LogP contribution in [0.4, 0.5) is 5.82 Å². The van der Waals surface area contributed by atoms with Crippen molar-refractivity contribution < 1.29 is 13.2 Å². The molecule has 0 unspecified atom stereocenters. The lowest BCUT2D eigenvalue weighted by molar-refractivity contribution is 0.122. The minimum absolute atomic E-state index is 0.489. The maximum Gasteiger partial charge on any atom is 0.281 e. The number of thiophene rings is 1. The van der Waals surface area contributed by atoms with Crippen LogP contribution in [0.2, 0.25) is 0 Å². The van der Waals surface area contributed by atoms with Crippen molar-refractivity contribution in [2.24, 2.45) is 0 Å². The molecular formula is C24H30N8O3S2. The number of morpholine rings is 1. The maximum atomic E-state index is 12.5. The average molecular weight is 543 g/mol. The number of piperazine rings is 1. The fourth-order valence-electron chi connectivity index (χ4n) is 4.88. The van der Waals surface area contributed by atoms with Gasteiger partial charge in [0.15, 0.2) is 11.6 Å². The Labute approximate surface area is 219 Å². The van der Waals surface area contributed by atoms with Gasteiger partial charge in [-0.15, -0.1) is 11.3 Å². The SMILES string of the molecule is CN(C)S(=O)(=O)N1CCN(Cc2cc3nc(-c4cccc5[nH]ncc45)nc(N4CCOCC4)c3s2)CC1. The molecule has 5 heterocycles. The van der Waals surface area contributed by atoms with Crippen LogP contribution in [-0.4, -0.2) is 109 Å². The van der Waals surface area contributed by atoms with Gasteiger partial charge in [-0.1, -0.05) is 12.1 Å². The van der Waals surface area contributed by atoms with Crippen LogP contribution in [0.15, 0.2) is 30.5 Å². The van der Waals surface area contributed by atoms with Crippen LogP contribution in [-0.2, 0) is 21.5 Å². The predicted octanol–water partition coefficient (Wildman–Crippen LogP) is 2.00. The van der Waals surface area contributed by atoms with E-state index in [0.29, 0.717) is 45.2 Å². The van der Waals surface area contributed by atoms with E-state index in [9.17, 15) is 8.42 Å². The molecule has 4 aromatic rings. The van der Waals surface area contributed by atoms with E-state index in [1.165, 1.54) is 9.18 Å². The molecule has 37 heavy (non-hydrogen) atoms. The largest absolute Gasteiger partial charge is 0.378 e. The third-order valence-corrected chi connectivity index (χ3v) is 9.99. The summed E-state index contributed by atoms with van der Waals surface area (Å²) in [6.07, 6.45) is 1.82. The second-order valence-corrected chi connectivity index (χ2v) is 12.8. The summed E-state index contributed by atoms with van der Waals surface area (Å²) in [5.74, 6) is 1.63. The van der Waals surface area contributed by atoms with Gasteiger partial charge in [-0.3, -0.25) is 10.00 Å². The van der Waals surface area contributed by atoms with Crippen LogP contribution in [0.1, 0.15) is 4.88 Å². The van der Waals surface area contributed by atoms with E-state index in [1.54, 1.807) is 29.7 Å². The van der Waals surface area contributed by atoms with E-state index in [1.807, 2.05) is 24.4 Å². The van der Waals surface area contributed by atoms with Crippen molar-refractivity contribution >= 4 is 48.5 Å². The number of fused-ring (bicyclic) bond motifs is 2. The number of rotatable bonds is 6. The van der Waals surface area contributed by atoms with E-state index in [0.717, 1.165) is 52.1 Å². The zero-order chi connectivity index (χ0) is 25.6. The van der Waals surface area contributed by atoms with E-state index in [4.69, 9.17) is 14.7 Å². The smallest absolute Gasteiger partial charge is 0.281 e. The Balaban J connectivity index is 1.31. The molecule has 0 aliphatic carbocycles. The molecular weight excluding hydrogens is 512 g/mol. The first-order chi connectivity index (χ1) is 17.9. The van der Waals surface area contributed by atoms with Crippen LogP contribution in [0.3, 0.4) is 0 Å². The topological polar surface area (TPSA) is 111 Å². The van der Waals surface area contributed by atoms with Crippen molar-refractivity contribution in [1.29, 1.82) is 0 Å². The van der Waals surface area contributed by atoms with Gasteiger partial charge in [0.05, 0.1) is 35.1 Å². The van der Waals surface area contributed by atoms with Crippen molar-refractivity contribution in [1.82, 2.24) is 33.7 Å². The predicted molar refractivity (Wildman–Crippen MR) is 145 cm³/mol. The summed E-state index contributed by atoms with van der Waals surface area (Å²) in [5, 5.41) is 8.24. The van der Waals surface area contributed by atoms with Crippen LogP contribution in [0, 0.1) is 0 Å². The van der Waals surface area contributed by atoms with Gasteiger partial charge in [0.1, 0.15) is 0 Å². The van der Waals surface area contributed by atoms with E-state index in [-0.39, 0.29) is 0 Å². The standard InChI is InChI=1S/C24H30N8O3S2/c1-29(2)37(33,34)32-8-6-30(7-9-32)16-17-14-21-22(36-17)24(31-10-12-35-13-11-31)27-23(26-21)18-4-3-5-20-19(18)15-25-28-20/h3-5,14-15H,6-13,16H2,1-2H3,(H,25,28). The Morgan fingerprint density at radius 2 is 1.86 bits per heavy atom. The zero-order valence-corrected chi connectivity index (χ0v) is 22.6. The van der Waals surface area contributed by atoms with Gasteiger partial charge in [-0.25, -0.2) is 9.97 Å². The third kappa shape index (κ3) is 4.71. The maximum absolute atomic E-state index is 12.5. The second-order valence-electron chi connectivity index (χ2n) is 9.50. The molecule has 0 radical (unpaired) electrons. The molecule has 0 spiro atoms. The number of hydrogen-bond donors (Lipinski definition) is 1. The molecule has 3 aromatic heterocycles. The van der Waals surface area contributed by atoms with E-state index < -0.39 is 10.2 Å². The molecule has 0 atom stereocenters. The number of ether oxygens (including phenoxy) is 1. The van der Waals surface area contributed by atoms with Crippen molar-refractivity contribution in [3.63, 3.8) is 0 Å². The van der Waals surface area contributed by atoms with Crippen molar-refractivity contribution in [3.05, 3.63) is 35.3 Å². The molecule has 2 saturated heterocycles. The lowest BCUT2D eigenvalue weighted by Crippen LogP contribution is -2.51. The fraction of sp³-hybridized carbons (Fsp3) is 0.458. The Hall–Kier alpha value is -2.68. The minimum atomic E-state index is -3.38. The molecule has 1 aromatic carbocycles. The summed E-state index contributed by atoms with van der Waals surface area (Å²) < 4.78 is 34.4. The Morgan fingerprint density at radius 3 is 2.62 bits per heavy atom. The summed E-state index contributed by atoms with van der Waals surface area (Å²) in [6.45, 7) is 6.05. The van der Waals surface area contributed by atoms with Gasteiger partial charge in [-0.05, 0) is 12.1 Å². The first kappa shape index (κ1) is 24.6. The van der Waals surface area contributed by atoms with Crippen LogP contribution >= 0.6 is 11.3 Å². The molecule has 0 amide bonds. The number of hydrogen-bond acceptors (Lipinski definition) is 9. The molecule has 0 saturated carbocycles. The highest BCUT2D eigenvalue weighted by Crippen LogP contribution is 2.36. The van der Waals surface area contributed by atoms with Crippen LogP contribution in [0.25, 0.3) is 32.5 Å². The van der Waals surface area contributed by atoms with Gasteiger partial charge >= 0.3 is 0 Å². The number of anilines is 1. The summed E-state index contributed by atoms with van der Waals surface area (Å²) >= 11 is 1.72. The van der Waals surface area contributed by atoms with Crippen molar-refractivity contribution in [2.75, 3.05) is 71.5 Å². The summed E-state index contributed by atoms with van der Waals surface area (Å²) in [7, 11) is -0.222. The number of nitrogens with one attached hydrogen (secondary N) is 1. The highest BCUT2D eigenvalue weighted by molar-refractivity contribution is 7.86. The number of aromatic nitrogens is 4. The van der Waals surface area contributed by atoms with Crippen molar-refractivity contribution in [3.8, 4) is 11.4 Å². The Morgan fingerprint density at radius 1 is 1.08 bits per heavy atom. The van der Waals surface area contributed by atoms with Gasteiger partial charge in [-0.2, -0.15) is 22.1 Å². The lowest BCUT2D eigenvalue weighted by Gasteiger charge is -2.34. The zero-order valence-electron chi connectivity index (χ0n) is 20.9. The Kier molecular flexibility index (Phi) is 6.59. The molecule has 0 bridgehead atoms. The molecule has 2 aliphatic heterocycles. The number of nitrogens with zero attached hydrogens (tertiary/aromatic N) is 7. The molecule has 6 rings (SSSR count). The average Bonchev–Trinajstić information content (AvgIpc) is 3.55. The quantitative estimate of drug-likeness (QED) is 0.394. The monoisotopic (exact) mass is 542 g/mol. The Bertz CT molecular complexity index is 1520. The molecule has 13 heteroatoms. The van der Waals surface area contributed by atoms with Crippen LogP contribution in [0.5, 0.6) is 0 Å².